The number of pyridine rings is 1. The van der Waals surface area contributed by atoms with E-state index < -0.39 is 25.7 Å². The van der Waals surface area contributed by atoms with Gasteiger partial charge in [-0.3, -0.25) is 4.40 Å². The lowest BCUT2D eigenvalue weighted by Crippen LogP contribution is -2.26. The normalized spacial score (nSPS) is 15.1. The number of nitrogens with zero attached hydrogens (tertiary/aromatic N) is 5. The van der Waals surface area contributed by atoms with Crippen molar-refractivity contribution in [1.82, 2.24) is 19.5 Å². The third-order valence-corrected chi connectivity index (χ3v) is 7.05. The van der Waals surface area contributed by atoms with Gasteiger partial charge in [0.25, 0.3) is 0 Å². The Kier molecular flexibility index (Phi) is 4.54. The number of hydrogen-bond donors (Lipinski definition) is 0. The van der Waals surface area contributed by atoms with Crippen LogP contribution in [0.4, 0.5) is 14.6 Å². The van der Waals surface area contributed by atoms with Gasteiger partial charge in [0.1, 0.15) is 5.65 Å². The molecule has 0 aliphatic rings. The number of aryl methyl sites for hydroxylation is 1. The lowest BCUT2D eigenvalue weighted by Gasteiger charge is -2.20. The molecule has 7 nitrogen and oxygen atoms in total. The zero-order chi connectivity index (χ0) is 20.2. The fourth-order valence-corrected chi connectivity index (χ4v) is 3.06. The SMILES string of the molecule is Cc1nc2cc(-c3noc(C(F)(F)Cl)n3)ccn2c1N=S(C)(=O)C(C)(C)C. The Morgan fingerprint density at radius 1 is 1.30 bits per heavy atom. The molecule has 1 atom stereocenters. The average molecular weight is 418 g/mol. The summed E-state index contributed by atoms with van der Waals surface area (Å²) in [5.74, 6) is -0.550. The standard InChI is InChI=1S/C16H18ClF2N5O2S/c1-9-13(23-27(5,25)15(2,3)4)24-7-6-10(8-11(24)20-9)12-21-14(26-22-12)16(17,18)19/h6-8H,1-5H3. The first-order chi connectivity index (χ1) is 12.3. The number of alkyl halides is 3. The van der Waals surface area contributed by atoms with E-state index in [9.17, 15) is 13.0 Å². The van der Waals surface area contributed by atoms with Crippen molar-refractivity contribution in [3.05, 3.63) is 29.9 Å². The third-order valence-electron chi connectivity index (χ3n) is 4.09. The number of aromatic nitrogens is 4. The van der Waals surface area contributed by atoms with Crippen LogP contribution in [0.1, 0.15) is 32.4 Å². The summed E-state index contributed by atoms with van der Waals surface area (Å²) in [4.78, 5) is 8.02. The maximum absolute atomic E-state index is 13.1. The minimum Gasteiger partial charge on any atom is -0.331 e. The van der Waals surface area contributed by atoms with Crippen LogP contribution in [-0.4, -0.2) is 34.7 Å². The summed E-state index contributed by atoms with van der Waals surface area (Å²) in [7, 11) is -2.53. The van der Waals surface area contributed by atoms with Gasteiger partial charge >= 0.3 is 11.3 Å². The van der Waals surface area contributed by atoms with Crippen LogP contribution in [0.15, 0.2) is 27.2 Å². The van der Waals surface area contributed by atoms with E-state index in [1.807, 2.05) is 20.8 Å². The van der Waals surface area contributed by atoms with Gasteiger partial charge in [0.2, 0.25) is 5.82 Å². The van der Waals surface area contributed by atoms with Crippen LogP contribution < -0.4 is 0 Å². The van der Waals surface area contributed by atoms with Crippen molar-refractivity contribution in [3.63, 3.8) is 0 Å². The highest BCUT2D eigenvalue weighted by molar-refractivity contribution is 7.94. The maximum atomic E-state index is 13.1. The van der Waals surface area contributed by atoms with Crippen LogP contribution in [0.5, 0.6) is 0 Å². The fourth-order valence-electron chi connectivity index (χ4n) is 2.16. The Balaban J connectivity index is 2.11. The number of halogens is 3. The van der Waals surface area contributed by atoms with Gasteiger partial charge in [-0.05, 0) is 51.4 Å². The molecule has 27 heavy (non-hydrogen) atoms. The summed E-state index contributed by atoms with van der Waals surface area (Å²) in [6, 6.07) is 3.20. The lowest BCUT2D eigenvalue weighted by molar-refractivity contribution is 0.0551. The molecule has 146 valence electrons. The van der Waals surface area contributed by atoms with Gasteiger partial charge in [0.05, 0.1) is 15.4 Å². The summed E-state index contributed by atoms with van der Waals surface area (Å²) in [6.07, 6.45) is 3.24. The predicted octanol–water partition coefficient (Wildman–Crippen LogP) is 4.51. The Hall–Kier alpha value is -2.07. The van der Waals surface area contributed by atoms with E-state index in [1.54, 1.807) is 35.9 Å². The Morgan fingerprint density at radius 3 is 2.52 bits per heavy atom. The summed E-state index contributed by atoms with van der Waals surface area (Å²) in [5, 5.41) is -0.213. The second-order valence-electron chi connectivity index (χ2n) is 7.09. The van der Waals surface area contributed by atoms with E-state index in [0.29, 0.717) is 22.7 Å². The van der Waals surface area contributed by atoms with Gasteiger partial charge in [0, 0.05) is 22.8 Å². The number of imidazole rings is 1. The van der Waals surface area contributed by atoms with Crippen molar-refractivity contribution in [3.8, 4) is 11.4 Å². The molecule has 3 aromatic rings. The molecule has 0 N–H and O–H groups in total. The van der Waals surface area contributed by atoms with Crippen molar-refractivity contribution in [2.45, 2.75) is 37.8 Å². The van der Waals surface area contributed by atoms with Crippen LogP contribution in [0.25, 0.3) is 17.0 Å². The van der Waals surface area contributed by atoms with E-state index in [0.717, 1.165) is 0 Å². The Labute approximate surface area is 159 Å². The van der Waals surface area contributed by atoms with E-state index in [1.165, 1.54) is 0 Å². The molecule has 0 amide bonds. The fraction of sp³-hybridized carbons (Fsp3) is 0.438. The molecule has 0 fully saturated rings. The zero-order valence-electron chi connectivity index (χ0n) is 15.3. The second-order valence-corrected chi connectivity index (χ2v) is 10.6. The molecule has 0 aliphatic heterocycles. The van der Waals surface area contributed by atoms with Crippen molar-refractivity contribution >= 4 is 32.8 Å². The molecule has 0 aliphatic carbocycles. The Bertz CT molecular complexity index is 1130. The molecule has 0 aromatic carbocycles. The molecule has 0 spiro atoms. The quantitative estimate of drug-likeness (QED) is 0.585. The van der Waals surface area contributed by atoms with Crippen molar-refractivity contribution in [2.24, 2.45) is 4.36 Å². The second kappa shape index (κ2) is 6.23. The molecule has 1 unspecified atom stereocenters. The third kappa shape index (κ3) is 3.68. The van der Waals surface area contributed by atoms with Crippen LogP contribution >= 0.6 is 11.6 Å². The van der Waals surface area contributed by atoms with Gasteiger partial charge in [-0.2, -0.15) is 18.1 Å². The number of rotatable bonds is 3. The number of hydrogen-bond acceptors (Lipinski definition) is 6. The van der Waals surface area contributed by atoms with Crippen molar-refractivity contribution in [2.75, 3.05) is 6.26 Å². The molecular formula is C16H18ClF2N5O2S. The summed E-state index contributed by atoms with van der Waals surface area (Å²) in [5.41, 5.74) is 1.49. The Morgan fingerprint density at radius 2 is 1.96 bits per heavy atom. The zero-order valence-corrected chi connectivity index (χ0v) is 16.9. The molecule has 3 heterocycles. The summed E-state index contributed by atoms with van der Waals surface area (Å²) < 4.78 is 49.2. The summed E-state index contributed by atoms with van der Waals surface area (Å²) >= 11 is 4.89. The molecule has 3 rings (SSSR count). The van der Waals surface area contributed by atoms with Gasteiger partial charge in [-0.15, -0.1) is 0 Å². The van der Waals surface area contributed by atoms with Gasteiger partial charge in [-0.1, -0.05) is 5.16 Å². The van der Waals surface area contributed by atoms with E-state index >= 15 is 0 Å². The minimum atomic E-state index is -3.74. The van der Waals surface area contributed by atoms with Gasteiger partial charge in [0.15, 0.2) is 5.82 Å². The predicted molar refractivity (Wildman–Crippen MR) is 98.9 cm³/mol. The molecule has 3 aromatic heterocycles. The van der Waals surface area contributed by atoms with E-state index in [-0.39, 0.29) is 5.82 Å². The van der Waals surface area contributed by atoms with Crippen LogP contribution in [-0.2, 0) is 15.1 Å². The minimum absolute atomic E-state index is 0.0408. The monoisotopic (exact) mass is 417 g/mol. The first kappa shape index (κ1) is 19.7. The highest BCUT2D eigenvalue weighted by atomic mass is 35.5. The lowest BCUT2D eigenvalue weighted by atomic mass is 10.2. The molecule has 0 bridgehead atoms. The molecular weight excluding hydrogens is 400 g/mol. The molecule has 0 radical (unpaired) electrons. The first-order valence-corrected chi connectivity index (χ1v) is 10.2. The van der Waals surface area contributed by atoms with E-state index in [2.05, 4.69) is 24.0 Å². The van der Waals surface area contributed by atoms with E-state index in [4.69, 9.17) is 11.6 Å². The highest BCUT2D eigenvalue weighted by Gasteiger charge is 2.35. The van der Waals surface area contributed by atoms with Gasteiger partial charge < -0.3 is 4.52 Å². The molecule has 0 saturated carbocycles. The molecule has 0 saturated heterocycles. The largest absolute Gasteiger partial charge is 0.400 e. The highest BCUT2D eigenvalue weighted by Crippen LogP contribution is 2.33. The summed E-state index contributed by atoms with van der Waals surface area (Å²) in [6.45, 7) is 7.33. The maximum Gasteiger partial charge on any atom is 0.400 e. The van der Waals surface area contributed by atoms with Crippen LogP contribution in [0.2, 0.25) is 0 Å². The molecule has 11 heteroatoms. The van der Waals surface area contributed by atoms with Crippen molar-refractivity contribution < 1.29 is 17.5 Å². The average Bonchev–Trinajstić information content (AvgIpc) is 3.11. The van der Waals surface area contributed by atoms with Gasteiger partial charge in [-0.25, -0.2) is 9.19 Å². The first-order valence-electron chi connectivity index (χ1n) is 7.91. The smallest absolute Gasteiger partial charge is 0.331 e. The number of fused-ring (bicyclic) bond motifs is 1. The van der Waals surface area contributed by atoms with Crippen LogP contribution in [0.3, 0.4) is 0 Å². The topological polar surface area (TPSA) is 85.7 Å². The van der Waals surface area contributed by atoms with Crippen LogP contribution in [0, 0.1) is 6.92 Å². The van der Waals surface area contributed by atoms with Crippen molar-refractivity contribution in [1.29, 1.82) is 0 Å².